The van der Waals surface area contributed by atoms with Crippen molar-refractivity contribution in [3.63, 3.8) is 0 Å². The summed E-state index contributed by atoms with van der Waals surface area (Å²) in [5.41, 5.74) is 0.588. The molecule has 0 heterocycles. The molecular weight excluding hydrogens is 243 g/mol. The fraction of sp³-hybridized carbons (Fsp3) is 0.400. The van der Waals surface area contributed by atoms with Crippen LogP contribution in [-0.4, -0.2) is 24.2 Å². The van der Waals surface area contributed by atoms with Crippen molar-refractivity contribution in [2.45, 2.75) is 19.1 Å². The van der Waals surface area contributed by atoms with E-state index in [1.54, 1.807) is 0 Å². The average Bonchev–Trinajstić information content (AvgIpc) is 2.20. The van der Waals surface area contributed by atoms with Gasteiger partial charge in [0.05, 0.1) is 0 Å². The molecule has 0 aliphatic rings. The molecule has 0 amide bonds. The number of halogens is 4. The Bertz CT molecular complexity index is 349. The molecule has 1 aromatic carbocycles. The van der Waals surface area contributed by atoms with Crippen molar-refractivity contribution in [1.29, 1.82) is 0 Å². The van der Waals surface area contributed by atoms with Crippen molar-refractivity contribution < 1.29 is 18.3 Å². The number of hydrogen-bond acceptors (Lipinski definition) is 2. The number of hydrogen-bond donors (Lipinski definition) is 2. The monoisotopic (exact) mass is 253 g/mol. The third kappa shape index (κ3) is 4.00. The first kappa shape index (κ1) is 13.3. The molecule has 0 bridgehead atoms. The second-order valence-corrected chi connectivity index (χ2v) is 3.68. The zero-order chi connectivity index (χ0) is 12.1. The van der Waals surface area contributed by atoms with E-state index >= 15 is 0 Å². The summed E-state index contributed by atoms with van der Waals surface area (Å²) in [4.78, 5) is 0. The number of aliphatic hydroxyl groups is 1. The van der Waals surface area contributed by atoms with Gasteiger partial charge in [0.2, 0.25) is 0 Å². The van der Waals surface area contributed by atoms with Crippen LogP contribution in [0, 0.1) is 5.82 Å². The Labute approximate surface area is 96.0 Å². The minimum atomic E-state index is -2.78. The van der Waals surface area contributed by atoms with Gasteiger partial charge < -0.3 is 10.4 Å². The Morgan fingerprint density at radius 3 is 2.62 bits per heavy atom. The van der Waals surface area contributed by atoms with Crippen molar-refractivity contribution in [2.24, 2.45) is 0 Å². The molecule has 1 atom stereocenters. The van der Waals surface area contributed by atoms with Crippen LogP contribution in [0.4, 0.5) is 13.2 Å². The van der Waals surface area contributed by atoms with E-state index in [4.69, 9.17) is 16.7 Å². The summed E-state index contributed by atoms with van der Waals surface area (Å²) in [5, 5.41) is 11.6. The zero-order valence-electron chi connectivity index (χ0n) is 8.26. The van der Waals surface area contributed by atoms with Gasteiger partial charge in [-0.25, -0.2) is 13.2 Å². The minimum absolute atomic E-state index is 0.197. The summed E-state index contributed by atoms with van der Waals surface area (Å²) in [6.45, 7) is -0.0474. The first-order valence-electron chi connectivity index (χ1n) is 4.61. The van der Waals surface area contributed by atoms with Crippen LogP contribution in [-0.2, 0) is 6.54 Å². The van der Waals surface area contributed by atoms with Crippen LogP contribution in [0.25, 0.3) is 0 Å². The minimum Gasteiger partial charge on any atom is -0.386 e. The van der Waals surface area contributed by atoms with Crippen molar-refractivity contribution in [3.05, 3.63) is 34.6 Å². The molecule has 1 aromatic rings. The summed E-state index contributed by atoms with van der Waals surface area (Å²) in [6.07, 6.45) is -4.49. The molecule has 0 aromatic heterocycles. The molecule has 90 valence electrons. The third-order valence-electron chi connectivity index (χ3n) is 1.97. The molecule has 0 saturated heterocycles. The summed E-state index contributed by atoms with van der Waals surface area (Å²) < 4.78 is 36.5. The van der Waals surface area contributed by atoms with Crippen LogP contribution < -0.4 is 5.32 Å². The Morgan fingerprint density at radius 1 is 1.38 bits per heavy atom. The molecule has 0 saturated carbocycles. The van der Waals surface area contributed by atoms with Crippen molar-refractivity contribution in [1.82, 2.24) is 5.32 Å². The van der Waals surface area contributed by atoms with E-state index in [-0.39, 0.29) is 18.1 Å². The van der Waals surface area contributed by atoms with Crippen LogP contribution in [0.5, 0.6) is 0 Å². The first-order valence-corrected chi connectivity index (χ1v) is 4.99. The molecule has 0 spiro atoms. The van der Waals surface area contributed by atoms with Crippen LogP contribution in [0.15, 0.2) is 18.2 Å². The Balaban J connectivity index is 2.43. The van der Waals surface area contributed by atoms with Gasteiger partial charge in [0.1, 0.15) is 11.9 Å². The predicted molar refractivity (Wildman–Crippen MR) is 55.1 cm³/mol. The average molecular weight is 254 g/mol. The molecule has 0 fully saturated rings. The summed E-state index contributed by atoms with van der Waals surface area (Å²) in [5.74, 6) is -0.457. The molecule has 0 radical (unpaired) electrons. The molecule has 6 heteroatoms. The van der Waals surface area contributed by atoms with Crippen LogP contribution in [0.3, 0.4) is 0 Å². The Kier molecular flexibility index (Phi) is 5.05. The van der Waals surface area contributed by atoms with Crippen molar-refractivity contribution in [3.8, 4) is 0 Å². The quantitative estimate of drug-likeness (QED) is 0.843. The van der Waals surface area contributed by atoms with Gasteiger partial charge in [-0.2, -0.15) is 0 Å². The lowest BCUT2D eigenvalue weighted by Crippen LogP contribution is -2.31. The maximum Gasteiger partial charge on any atom is 0.265 e. The van der Waals surface area contributed by atoms with Gasteiger partial charge >= 0.3 is 0 Å². The fourth-order valence-corrected chi connectivity index (χ4v) is 1.34. The highest BCUT2D eigenvalue weighted by Gasteiger charge is 2.15. The van der Waals surface area contributed by atoms with Gasteiger partial charge in [0.25, 0.3) is 6.43 Å². The largest absolute Gasteiger partial charge is 0.386 e. The first-order chi connectivity index (χ1) is 7.50. The fourth-order valence-electron chi connectivity index (χ4n) is 1.11. The van der Waals surface area contributed by atoms with Crippen molar-refractivity contribution >= 4 is 11.6 Å². The van der Waals surface area contributed by atoms with E-state index in [0.29, 0.717) is 5.56 Å². The second-order valence-electron chi connectivity index (χ2n) is 3.27. The van der Waals surface area contributed by atoms with Gasteiger partial charge in [-0.05, 0) is 17.7 Å². The molecule has 16 heavy (non-hydrogen) atoms. The molecule has 1 unspecified atom stereocenters. The van der Waals surface area contributed by atoms with Gasteiger partial charge in [-0.15, -0.1) is 0 Å². The highest BCUT2D eigenvalue weighted by Crippen LogP contribution is 2.16. The SMILES string of the molecule is OC(CNCc1ccc(F)cc1Cl)C(F)F. The number of alkyl halides is 2. The smallest absolute Gasteiger partial charge is 0.265 e. The van der Waals surface area contributed by atoms with E-state index in [9.17, 15) is 13.2 Å². The van der Waals surface area contributed by atoms with Gasteiger partial charge in [-0.1, -0.05) is 17.7 Å². The van der Waals surface area contributed by atoms with Gasteiger partial charge in [-0.3, -0.25) is 0 Å². The van der Waals surface area contributed by atoms with E-state index in [1.165, 1.54) is 12.1 Å². The maximum absolute atomic E-state index is 12.7. The lowest BCUT2D eigenvalue weighted by atomic mass is 10.2. The second kappa shape index (κ2) is 6.08. The lowest BCUT2D eigenvalue weighted by Gasteiger charge is -2.11. The summed E-state index contributed by atoms with van der Waals surface area (Å²) >= 11 is 5.72. The summed E-state index contributed by atoms with van der Waals surface area (Å²) in [6, 6.07) is 3.83. The zero-order valence-corrected chi connectivity index (χ0v) is 9.02. The van der Waals surface area contributed by atoms with Gasteiger partial charge in [0, 0.05) is 18.1 Å². The van der Waals surface area contributed by atoms with Crippen LogP contribution in [0.1, 0.15) is 5.56 Å². The molecular formula is C10H11ClF3NO. The van der Waals surface area contributed by atoms with Crippen LogP contribution >= 0.6 is 11.6 Å². The van der Waals surface area contributed by atoms with E-state index in [1.807, 2.05) is 0 Å². The number of benzene rings is 1. The standard InChI is InChI=1S/C10H11ClF3NO/c11-8-3-7(12)2-1-6(8)4-15-5-9(16)10(13)14/h1-3,9-10,15-16H,4-5H2. The molecule has 2 nitrogen and oxygen atoms in total. The van der Waals surface area contributed by atoms with Crippen molar-refractivity contribution in [2.75, 3.05) is 6.54 Å². The van der Waals surface area contributed by atoms with E-state index in [0.717, 1.165) is 6.07 Å². The Morgan fingerprint density at radius 2 is 2.06 bits per heavy atom. The number of nitrogens with one attached hydrogen (secondary N) is 1. The molecule has 0 aliphatic carbocycles. The Hall–Kier alpha value is -0.780. The third-order valence-corrected chi connectivity index (χ3v) is 2.33. The maximum atomic E-state index is 12.7. The van der Waals surface area contributed by atoms with E-state index < -0.39 is 18.3 Å². The predicted octanol–water partition coefficient (Wildman–Crippen LogP) is 2.19. The highest BCUT2D eigenvalue weighted by atomic mass is 35.5. The highest BCUT2D eigenvalue weighted by molar-refractivity contribution is 6.31. The van der Waals surface area contributed by atoms with Gasteiger partial charge in [0.15, 0.2) is 0 Å². The molecule has 1 rings (SSSR count). The molecule has 2 N–H and O–H groups in total. The number of aliphatic hydroxyl groups excluding tert-OH is 1. The number of rotatable bonds is 5. The molecule has 0 aliphatic heterocycles. The van der Waals surface area contributed by atoms with Crippen LogP contribution in [0.2, 0.25) is 5.02 Å². The normalized spacial score (nSPS) is 13.1. The lowest BCUT2D eigenvalue weighted by molar-refractivity contribution is -0.00340. The van der Waals surface area contributed by atoms with E-state index in [2.05, 4.69) is 5.32 Å². The summed E-state index contributed by atoms with van der Waals surface area (Å²) in [7, 11) is 0. The topological polar surface area (TPSA) is 32.3 Å².